The smallest absolute Gasteiger partial charge is 0.314 e. The molecule has 0 N–H and O–H groups in total. The largest absolute Gasteiger partial charge is 0.423 e. The lowest BCUT2D eigenvalue weighted by atomic mass is 9.59. The molecule has 1 aromatic rings. The molecule has 3 fully saturated rings. The fourth-order valence-electron chi connectivity index (χ4n) is 6.90. The summed E-state index contributed by atoms with van der Waals surface area (Å²) in [6, 6.07) is 3.13. The topological polar surface area (TPSA) is 26.3 Å². The van der Waals surface area contributed by atoms with E-state index in [9.17, 15) is 13.6 Å². The van der Waals surface area contributed by atoms with Crippen molar-refractivity contribution in [3.8, 4) is 5.75 Å². The minimum atomic E-state index is -0.807. The summed E-state index contributed by atoms with van der Waals surface area (Å²) in [6.45, 7) is 2.29. The number of carbonyl (C=O) groups is 1. The van der Waals surface area contributed by atoms with Crippen molar-refractivity contribution in [2.45, 2.75) is 90.4 Å². The number of unbranched alkanes of at least 4 members (excludes halogenated alkanes) is 1. The van der Waals surface area contributed by atoms with Crippen LogP contribution in [0.15, 0.2) is 18.2 Å². The second-order valence-corrected chi connectivity index (χ2v) is 10.5. The molecule has 3 saturated carbocycles. The molecule has 0 radical (unpaired) electrons. The second-order valence-electron chi connectivity index (χ2n) is 10.5. The zero-order valence-electron chi connectivity index (χ0n) is 19.0. The van der Waals surface area contributed by atoms with Crippen LogP contribution < -0.4 is 4.74 Å². The van der Waals surface area contributed by atoms with Gasteiger partial charge in [0.2, 0.25) is 0 Å². The highest BCUT2D eigenvalue weighted by molar-refractivity contribution is 5.75. The van der Waals surface area contributed by atoms with Crippen molar-refractivity contribution in [3.63, 3.8) is 0 Å². The summed E-state index contributed by atoms with van der Waals surface area (Å²) in [5.41, 5.74) is 0. The summed E-state index contributed by atoms with van der Waals surface area (Å²) in [5.74, 6) is 1.52. The van der Waals surface area contributed by atoms with Crippen LogP contribution in [-0.4, -0.2) is 5.97 Å². The number of fused-ring (bicyclic) bond motifs is 1. The van der Waals surface area contributed by atoms with Gasteiger partial charge in [0.25, 0.3) is 0 Å². The summed E-state index contributed by atoms with van der Waals surface area (Å²) < 4.78 is 32.5. The first-order chi connectivity index (χ1) is 15.0. The molecule has 4 heteroatoms. The molecular formula is C27H38F2O2. The van der Waals surface area contributed by atoms with Crippen LogP contribution >= 0.6 is 0 Å². The minimum Gasteiger partial charge on any atom is -0.423 e. The zero-order chi connectivity index (χ0) is 21.8. The van der Waals surface area contributed by atoms with Gasteiger partial charge < -0.3 is 4.74 Å². The molecule has 31 heavy (non-hydrogen) atoms. The molecule has 3 aliphatic rings. The number of halogens is 2. The van der Waals surface area contributed by atoms with E-state index in [-0.39, 0.29) is 17.6 Å². The summed E-state index contributed by atoms with van der Waals surface area (Å²) in [6.07, 6.45) is 16.4. The van der Waals surface area contributed by atoms with E-state index >= 15 is 0 Å². The van der Waals surface area contributed by atoms with Crippen molar-refractivity contribution >= 4 is 5.97 Å². The monoisotopic (exact) mass is 432 g/mol. The number of hydrogen-bond donors (Lipinski definition) is 0. The maximum absolute atomic E-state index is 13.9. The maximum atomic E-state index is 13.9. The van der Waals surface area contributed by atoms with E-state index in [4.69, 9.17) is 4.74 Å². The molecule has 0 aliphatic heterocycles. The van der Waals surface area contributed by atoms with Gasteiger partial charge >= 0.3 is 5.97 Å². The van der Waals surface area contributed by atoms with Crippen molar-refractivity contribution in [1.82, 2.24) is 0 Å². The van der Waals surface area contributed by atoms with Crippen molar-refractivity contribution in [2.24, 2.45) is 35.5 Å². The molecule has 0 amide bonds. The summed E-state index contributed by atoms with van der Waals surface area (Å²) in [4.78, 5) is 12.9. The molecule has 0 saturated heterocycles. The molecule has 0 aromatic heterocycles. The standard InChI is InChI=1S/C27H38F2O2/c1-2-3-5-18-8-10-19(11-9-18)20-12-14-23-21(16-20)6-4-7-24(23)27(30)31-26-15-13-22(28)17-25(26)29/h13,15,17-21,23-24H,2-12,14,16H2,1H3. The first kappa shape index (κ1) is 22.7. The average Bonchev–Trinajstić information content (AvgIpc) is 2.79. The Hall–Kier alpha value is -1.45. The van der Waals surface area contributed by atoms with Gasteiger partial charge in [-0.3, -0.25) is 4.79 Å². The average molecular weight is 433 g/mol. The number of ether oxygens (including phenoxy) is 1. The Bertz CT molecular complexity index is 741. The van der Waals surface area contributed by atoms with Crippen LogP contribution in [0.3, 0.4) is 0 Å². The number of esters is 1. The van der Waals surface area contributed by atoms with E-state index in [1.54, 1.807) is 0 Å². The third kappa shape index (κ3) is 5.49. The van der Waals surface area contributed by atoms with Crippen molar-refractivity contribution in [2.75, 3.05) is 0 Å². The van der Waals surface area contributed by atoms with Crippen molar-refractivity contribution in [3.05, 3.63) is 29.8 Å². The van der Waals surface area contributed by atoms with Crippen LogP contribution in [0.25, 0.3) is 0 Å². The van der Waals surface area contributed by atoms with Gasteiger partial charge in [-0.1, -0.05) is 51.9 Å². The quantitative estimate of drug-likeness (QED) is 0.340. The van der Waals surface area contributed by atoms with Gasteiger partial charge in [-0.05, 0) is 80.2 Å². The molecule has 4 rings (SSSR count). The summed E-state index contributed by atoms with van der Waals surface area (Å²) in [5, 5.41) is 0. The van der Waals surface area contributed by atoms with Crippen molar-refractivity contribution in [1.29, 1.82) is 0 Å². The lowest BCUT2D eigenvalue weighted by Crippen LogP contribution is -2.40. The van der Waals surface area contributed by atoms with Crippen LogP contribution in [0.2, 0.25) is 0 Å². The van der Waals surface area contributed by atoms with Crippen LogP contribution in [0.1, 0.15) is 90.4 Å². The Kier molecular flexibility index (Phi) is 7.66. The Morgan fingerprint density at radius 1 is 0.968 bits per heavy atom. The predicted molar refractivity (Wildman–Crippen MR) is 119 cm³/mol. The van der Waals surface area contributed by atoms with Gasteiger partial charge in [-0.15, -0.1) is 0 Å². The lowest BCUT2D eigenvalue weighted by Gasteiger charge is -2.46. The van der Waals surface area contributed by atoms with E-state index in [1.807, 2.05) is 0 Å². The zero-order valence-corrected chi connectivity index (χ0v) is 19.0. The first-order valence-corrected chi connectivity index (χ1v) is 12.7. The van der Waals surface area contributed by atoms with Gasteiger partial charge in [0.15, 0.2) is 11.6 Å². The van der Waals surface area contributed by atoms with E-state index in [0.717, 1.165) is 49.1 Å². The summed E-state index contributed by atoms with van der Waals surface area (Å²) >= 11 is 0. The fraction of sp³-hybridized carbons (Fsp3) is 0.741. The molecular weight excluding hydrogens is 394 g/mol. The highest BCUT2D eigenvalue weighted by Gasteiger charge is 2.43. The fourth-order valence-corrected chi connectivity index (χ4v) is 6.90. The Balaban J connectivity index is 1.31. The summed E-state index contributed by atoms with van der Waals surface area (Å²) in [7, 11) is 0. The lowest BCUT2D eigenvalue weighted by molar-refractivity contribution is -0.144. The van der Waals surface area contributed by atoms with Crippen LogP contribution in [0.4, 0.5) is 8.78 Å². The molecule has 172 valence electrons. The number of rotatable bonds is 6. The molecule has 4 unspecified atom stereocenters. The van der Waals surface area contributed by atoms with Gasteiger partial charge in [0, 0.05) is 6.07 Å². The van der Waals surface area contributed by atoms with Crippen LogP contribution in [0, 0.1) is 47.1 Å². The highest BCUT2D eigenvalue weighted by atomic mass is 19.1. The molecule has 0 bridgehead atoms. The minimum absolute atomic E-state index is 0.145. The maximum Gasteiger partial charge on any atom is 0.314 e. The van der Waals surface area contributed by atoms with Crippen LogP contribution in [0.5, 0.6) is 5.75 Å². The predicted octanol–water partition coefficient (Wildman–Crippen LogP) is 7.70. The molecule has 4 atom stereocenters. The SMILES string of the molecule is CCCCC1CCC(C2CCC3C(CCCC3C(=O)Oc3ccc(F)cc3F)C2)CC1. The Labute approximate surface area is 186 Å². The van der Waals surface area contributed by atoms with E-state index in [1.165, 1.54) is 70.3 Å². The Morgan fingerprint density at radius 2 is 1.74 bits per heavy atom. The van der Waals surface area contributed by atoms with Gasteiger partial charge in [-0.25, -0.2) is 8.78 Å². The van der Waals surface area contributed by atoms with Crippen LogP contribution in [-0.2, 0) is 4.79 Å². The molecule has 3 aliphatic carbocycles. The molecule has 1 aromatic carbocycles. The number of hydrogen-bond acceptors (Lipinski definition) is 2. The third-order valence-corrected chi connectivity index (χ3v) is 8.62. The Morgan fingerprint density at radius 3 is 2.48 bits per heavy atom. The molecule has 0 heterocycles. The van der Waals surface area contributed by atoms with E-state index < -0.39 is 11.6 Å². The van der Waals surface area contributed by atoms with E-state index in [2.05, 4.69) is 6.92 Å². The van der Waals surface area contributed by atoms with Gasteiger partial charge in [0.05, 0.1) is 5.92 Å². The third-order valence-electron chi connectivity index (χ3n) is 8.62. The highest BCUT2D eigenvalue weighted by Crippen LogP contribution is 2.50. The first-order valence-electron chi connectivity index (χ1n) is 12.7. The van der Waals surface area contributed by atoms with Gasteiger partial charge in [0.1, 0.15) is 5.82 Å². The molecule has 0 spiro atoms. The van der Waals surface area contributed by atoms with Gasteiger partial charge in [-0.2, -0.15) is 0 Å². The number of benzene rings is 1. The molecule has 2 nitrogen and oxygen atoms in total. The normalized spacial score (nSPS) is 33.5. The number of carbonyl (C=O) groups excluding carboxylic acids is 1. The van der Waals surface area contributed by atoms with E-state index in [0.29, 0.717) is 11.8 Å². The van der Waals surface area contributed by atoms with Crippen molar-refractivity contribution < 1.29 is 18.3 Å². The second kappa shape index (κ2) is 10.4.